The smallest absolute Gasteiger partial charge is 0.143 e. The zero-order valence-corrected chi connectivity index (χ0v) is 11.1. The summed E-state index contributed by atoms with van der Waals surface area (Å²) in [6.07, 6.45) is 1.84. The Balaban J connectivity index is 4.12. The van der Waals surface area contributed by atoms with Gasteiger partial charge in [0.05, 0.1) is 0 Å². The van der Waals surface area contributed by atoms with Gasteiger partial charge < -0.3 is 4.74 Å². The molecule has 0 radical (unpaired) electrons. The lowest BCUT2D eigenvalue weighted by molar-refractivity contribution is -0.136. The molecule has 2 heteroatoms. The van der Waals surface area contributed by atoms with Crippen LogP contribution in [0.4, 0.5) is 0 Å². The molecule has 0 rings (SSSR count). The topological polar surface area (TPSA) is 26.3 Å². The Morgan fingerprint density at radius 2 is 1.60 bits per heavy atom. The molecule has 0 aliphatic heterocycles. The molecule has 0 aliphatic carbocycles. The van der Waals surface area contributed by atoms with Crippen LogP contribution in [0.25, 0.3) is 0 Å². The maximum absolute atomic E-state index is 12.1. The van der Waals surface area contributed by atoms with Crippen molar-refractivity contribution in [2.75, 3.05) is 13.2 Å². The van der Waals surface area contributed by atoms with Gasteiger partial charge in [0, 0.05) is 24.0 Å². The molecule has 0 spiro atoms. The molecule has 0 unspecified atom stereocenters. The maximum atomic E-state index is 12.1. The molecule has 0 atom stereocenters. The Hall–Kier alpha value is -0.370. The molecule has 0 amide bonds. The minimum Gasteiger partial charge on any atom is -0.381 e. The molecule has 90 valence electrons. The van der Waals surface area contributed by atoms with Crippen molar-refractivity contribution in [3.8, 4) is 0 Å². The minimum absolute atomic E-state index is 0.256. The lowest BCUT2D eigenvalue weighted by Crippen LogP contribution is -2.35. The average Bonchev–Trinajstić information content (AvgIpc) is 2.10. The standard InChI is InChI=1S/C13H26O2/c1-7-9-15-10-8-13(5,6)11(14)12(2,3)4/h7-10H2,1-6H3. The third-order valence-corrected chi connectivity index (χ3v) is 2.52. The van der Waals surface area contributed by atoms with Crippen LogP contribution in [0.1, 0.15) is 54.4 Å². The number of carbonyl (C=O) groups excluding carboxylic acids is 1. The molecule has 0 saturated carbocycles. The van der Waals surface area contributed by atoms with Crippen LogP contribution < -0.4 is 0 Å². The zero-order chi connectivity index (χ0) is 12.1. The Morgan fingerprint density at radius 3 is 2.00 bits per heavy atom. The third-order valence-electron chi connectivity index (χ3n) is 2.52. The number of Topliss-reactive ketones (excluding diaryl/α,β-unsaturated/α-hetero) is 1. The lowest BCUT2D eigenvalue weighted by Gasteiger charge is -2.30. The van der Waals surface area contributed by atoms with Gasteiger partial charge in [-0.05, 0) is 12.8 Å². The van der Waals surface area contributed by atoms with E-state index in [1.165, 1.54) is 0 Å². The van der Waals surface area contributed by atoms with Crippen LogP contribution in [0.3, 0.4) is 0 Å². The van der Waals surface area contributed by atoms with Crippen LogP contribution in [-0.4, -0.2) is 19.0 Å². The molecule has 0 aromatic rings. The highest BCUT2D eigenvalue weighted by Crippen LogP contribution is 2.31. The predicted octanol–water partition coefficient (Wildman–Crippen LogP) is 3.44. The van der Waals surface area contributed by atoms with Crippen LogP contribution in [-0.2, 0) is 9.53 Å². The summed E-state index contributed by atoms with van der Waals surface area (Å²) in [5.41, 5.74) is -0.528. The van der Waals surface area contributed by atoms with Gasteiger partial charge in [-0.15, -0.1) is 0 Å². The number of ketones is 1. The van der Waals surface area contributed by atoms with Crippen molar-refractivity contribution in [1.29, 1.82) is 0 Å². The summed E-state index contributed by atoms with van der Waals surface area (Å²) in [6, 6.07) is 0. The van der Waals surface area contributed by atoms with Crippen molar-refractivity contribution in [1.82, 2.24) is 0 Å². The van der Waals surface area contributed by atoms with Crippen molar-refractivity contribution >= 4 is 5.78 Å². The van der Waals surface area contributed by atoms with E-state index in [1.54, 1.807) is 0 Å². The molecule has 0 saturated heterocycles. The molecule has 0 N–H and O–H groups in total. The van der Waals surface area contributed by atoms with Crippen molar-refractivity contribution in [2.45, 2.75) is 54.4 Å². The summed E-state index contributed by atoms with van der Waals surface area (Å²) < 4.78 is 5.43. The number of hydrogen-bond acceptors (Lipinski definition) is 2. The van der Waals surface area contributed by atoms with E-state index >= 15 is 0 Å². The van der Waals surface area contributed by atoms with E-state index in [2.05, 4.69) is 6.92 Å². The normalized spacial score (nSPS) is 12.9. The number of hydrogen-bond donors (Lipinski definition) is 0. The van der Waals surface area contributed by atoms with Gasteiger partial charge in [-0.2, -0.15) is 0 Å². The van der Waals surface area contributed by atoms with Gasteiger partial charge in [0.25, 0.3) is 0 Å². The predicted molar refractivity (Wildman–Crippen MR) is 64.0 cm³/mol. The molecule has 0 aliphatic rings. The van der Waals surface area contributed by atoms with Crippen LogP contribution in [0.5, 0.6) is 0 Å². The molecular formula is C13H26O2. The van der Waals surface area contributed by atoms with E-state index in [1.807, 2.05) is 34.6 Å². The molecule has 0 bridgehead atoms. The molecule has 0 heterocycles. The molecular weight excluding hydrogens is 188 g/mol. The molecule has 0 fully saturated rings. The first-order valence-corrected chi connectivity index (χ1v) is 5.84. The van der Waals surface area contributed by atoms with Crippen molar-refractivity contribution in [2.24, 2.45) is 10.8 Å². The fraction of sp³-hybridized carbons (Fsp3) is 0.923. The Morgan fingerprint density at radius 1 is 1.07 bits per heavy atom. The summed E-state index contributed by atoms with van der Waals surface area (Å²) in [5.74, 6) is 0.315. The van der Waals surface area contributed by atoms with E-state index in [0.717, 1.165) is 19.4 Å². The van der Waals surface area contributed by atoms with Gasteiger partial charge >= 0.3 is 0 Å². The van der Waals surface area contributed by atoms with Crippen molar-refractivity contribution in [3.05, 3.63) is 0 Å². The third kappa shape index (κ3) is 5.31. The number of rotatable bonds is 6. The first-order valence-electron chi connectivity index (χ1n) is 5.84. The van der Waals surface area contributed by atoms with Gasteiger partial charge in [-0.25, -0.2) is 0 Å². The molecule has 0 aromatic heterocycles. The largest absolute Gasteiger partial charge is 0.381 e. The van der Waals surface area contributed by atoms with E-state index in [4.69, 9.17) is 4.74 Å². The highest BCUT2D eigenvalue weighted by Gasteiger charge is 2.35. The lowest BCUT2D eigenvalue weighted by atomic mass is 9.73. The summed E-state index contributed by atoms with van der Waals surface area (Å²) in [4.78, 5) is 12.1. The first-order chi connectivity index (χ1) is 6.72. The SMILES string of the molecule is CCCOCCC(C)(C)C(=O)C(C)(C)C. The fourth-order valence-electron chi connectivity index (χ4n) is 1.70. The second kappa shape index (κ2) is 5.64. The first kappa shape index (κ1) is 14.6. The maximum Gasteiger partial charge on any atom is 0.143 e. The molecule has 0 aromatic carbocycles. The molecule has 15 heavy (non-hydrogen) atoms. The summed E-state index contributed by atoms with van der Waals surface area (Å²) in [6.45, 7) is 13.5. The van der Waals surface area contributed by atoms with E-state index < -0.39 is 0 Å². The summed E-state index contributed by atoms with van der Waals surface area (Å²) >= 11 is 0. The van der Waals surface area contributed by atoms with Gasteiger partial charge in [0.15, 0.2) is 0 Å². The highest BCUT2D eigenvalue weighted by atomic mass is 16.5. The van der Waals surface area contributed by atoms with Crippen molar-refractivity contribution in [3.63, 3.8) is 0 Å². The minimum atomic E-state index is -0.272. The van der Waals surface area contributed by atoms with Gasteiger partial charge in [-0.3, -0.25) is 4.79 Å². The fourth-order valence-corrected chi connectivity index (χ4v) is 1.70. The molecule has 2 nitrogen and oxygen atoms in total. The second-order valence-corrected chi connectivity index (χ2v) is 5.83. The highest BCUT2D eigenvalue weighted by molar-refractivity contribution is 5.88. The van der Waals surface area contributed by atoms with E-state index in [-0.39, 0.29) is 10.8 Å². The number of ether oxygens (including phenoxy) is 1. The van der Waals surface area contributed by atoms with E-state index in [9.17, 15) is 4.79 Å². The van der Waals surface area contributed by atoms with Gasteiger partial charge in [-0.1, -0.05) is 41.5 Å². The van der Waals surface area contributed by atoms with Gasteiger partial charge in [0.2, 0.25) is 0 Å². The monoisotopic (exact) mass is 214 g/mol. The van der Waals surface area contributed by atoms with Crippen LogP contribution in [0.2, 0.25) is 0 Å². The second-order valence-electron chi connectivity index (χ2n) is 5.83. The Bertz CT molecular complexity index is 199. The van der Waals surface area contributed by atoms with Crippen LogP contribution in [0.15, 0.2) is 0 Å². The van der Waals surface area contributed by atoms with Crippen LogP contribution in [0, 0.1) is 10.8 Å². The number of carbonyl (C=O) groups is 1. The van der Waals surface area contributed by atoms with Crippen molar-refractivity contribution < 1.29 is 9.53 Å². The Kier molecular flexibility index (Phi) is 5.50. The van der Waals surface area contributed by atoms with Crippen LogP contribution >= 0.6 is 0 Å². The summed E-state index contributed by atoms with van der Waals surface area (Å²) in [7, 11) is 0. The zero-order valence-electron chi connectivity index (χ0n) is 11.1. The quantitative estimate of drug-likeness (QED) is 0.633. The average molecular weight is 214 g/mol. The van der Waals surface area contributed by atoms with E-state index in [0.29, 0.717) is 12.4 Å². The summed E-state index contributed by atoms with van der Waals surface area (Å²) in [5, 5.41) is 0. The van der Waals surface area contributed by atoms with Gasteiger partial charge in [0.1, 0.15) is 5.78 Å². The Labute approximate surface area is 94.4 Å².